The van der Waals surface area contributed by atoms with Gasteiger partial charge < -0.3 is 0 Å². The van der Waals surface area contributed by atoms with E-state index in [0.717, 1.165) is 5.48 Å². The van der Waals surface area contributed by atoms with Crippen molar-refractivity contribution in [1.82, 2.24) is 0 Å². The van der Waals surface area contributed by atoms with E-state index in [1.807, 2.05) is 0 Å². The van der Waals surface area contributed by atoms with Gasteiger partial charge in [0.15, 0.2) is 11.5 Å². The van der Waals surface area contributed by atoms with Crippen molar-refractivity contribution in [1.29, 1.82) is 0 Å². The normalized spacial score (nSPS) is 9.56. The molecule has 3 N–H and O–H groups in total. The van der Waals surface area contributed by atoms with Gasteiger partial charge >= 0.3 is 0 Å². The lowest BCUT2D eigenvalue weighted by molar-refractivity contribution is -0.826. The molecule has 0 aliphatic heterocycles. The lowest BCUT2D eigenvalue weighted by Crippen LogP contribution is -2.74. The molecule has 0 aromatic heterocycles. The lowest BCUT2D eigenvalue weighted by Gasteiger charge is -1.90. The van der Waals surface area contributed by atoms with E-state index >= 15 is 0 Å². The summed E-state index contributed by atoms with van der Waals surface area (Å²) < 4.78 is 12.4. The van der Waals surface area contributed by atoms with Gasteiger partial charge in [-0.05, 0) is 6.07 Å². The first-order valence-corrected chi connectivity index (χ1v) is 2.56. The third-order valence-electron chi connectivity index (χ3n) is 1.04. The first-order chi connectivity index (χ1) is 4.34. The maximum atomic E-state index is 12.4. The molecule has 0 bridgehead atoms. The van der Waals surface area contributed by atoms with Gasteiger partial charge in [-0.25, -0.2) is 9.60 Å². The first kappa shape index (κ1) is 6.19. The van der Waals surface area contributed by atoms with Crippen LogP contribution in [0.4, 0.5) is 10.1 Å². The van der Waals surface area contributed by atoms with E-state index < -0.39 is 5.82 Å². The van der Waals surface area contributed by atoms with Crippen LogP contribution in [0.1, 0.15) is 0 Å². The summed E-state index contributed by atoms with van der Waals surface area (Å²) in [6, 6.07) is 6.02. The molecule has 1 aromatic rings. The first-order valence-electron chi connectivity index (χ1n) is 2.56. The Morgan fingerprint density at radius 2 is 2.00 bits per heavy atom. The van der Waals surface area contributed by atoms with Crippen LogP contribution in [0.5, 0.6) is 0 Å². The van der Waals surface area contributed by atoms with E-state index in [0.29, 0.717) is 0 Å². The molecule has 0 saturated carbocycles. The fourth-order valence-corrected chi connectivity index (χ4v) is 0.580. The minimum absolute atomic E-state index is 0.220. The maximum Gasteiger partial charge on any atom is 0.197 e. The zero-order valence-corrected chi connectivity index (χ0v) is 4.71. The number of hydrogen-bond acceptors (Lipinski definition) is 1. The van der Waals surface area contributed by atoms with E-state index in [4.69, 9.17) is 5.21 Å². The van der Waals surface area contributed by atoms with Gasteiger partial charge in [-0.1, -0.05) is 12.1 Å². The van der Waals surface area contributed by atoms with Crippen LogP contribution in [0, 0.1) is 5.82 Å². The molecular formula is C6H7FNO+. The molecule has 1 aromatic carbocycles. The van der Waals surface area contributed by atoms with Crippen molar-refractivity contribution >= 4 is 5.69 Å². The number of para-hydroxylation sites is 1. The summed E-state index contributed by atoms with van der Waals surface area (Å²) in [6.07, 6.45) is 0. The molecule has 0 atom stereocenters. The molecule has 0 heterocycles. The number of halogens is 1. The van der Waals surface area contributed by atoms with Gasteiger partial charge in [-0.2, -0.15) is 5.48 Å². The average molecular weight is 128 g/mol. The van der Waals surface area contributed by atoms with Crippen LogP contribution in [-0.4, -0.2) is 5.21 Å². The smallest absolute Gasteiger partial charge is 0.197 e. The Morgan fingerprint density at radius 1 is 1.33 bits per heavy atom. The third-order valence-corrected chi connectivity index (χ3v) is 1.04. The highest BCUT2D eigenvalue weighted by Crippen LogP contribution is 2.04. The van der Waals surface area contributed by atoms with Gasteiger partial charge in [0.2, 0.25) is 0 Å². The molecular weight excluding hydrogens is 121 g/mol. The third kappa shape index (κ3) is 1.25. The van der Waals surface area contributed by atoms with Gasteiger partial charge in [0, 0.05) is 6.07 Å². The Bertz CT molecular complexity index is 202. The summed E-state index contributed by atoms with van der Waals surface area (Å²) in [5.41, 5.74) is 0.965. The molecule has 2 nitrogen and oxygen atoms in total. The maximum absolute atomic E-state index is 12.4. The summed E-state index contributed by atoms with van der Waals surface area (Å²) in [7, 11) is 0. The molecule has 0 fully saturated rings. The molecule has 0 aliphatic carbocycles. The molecule has 0 saturated heterocycles. The molecule has 0 aliphatic rings. The van der Waals surface area contributed by atoms with Crippen LogP contribution < -0.4 is 5.48 Å². The highest BCUT2D eigenvalue weighted by Gasteiger charge is 1.99. The van der Waals surface area contributed by atoms with Gasteiger partial charge in [0.05, 0.1) is 0 Å². The molecule has 0 spiro atoms. The second kappa shape index (κ2) is 2.57. The predicted molar refractivity (Wildman–Crippen MR) is 29.8 cm³/mol. The highest BCUT2D eigenvalue weighted by atomic mass is 19.1. The van der Waals surface area contributed by atoms with Crippen molar-refractivity contribution in [2.75, 3.05) is 0 Å². The summed E-state index contributed by atoms with van der Waals surface area (Å²) in [6.45, 7) is 0. The fourth-order valence-electron chi connectivity index (χ4n) is 0.580. The fraction of sp³-hybridized carbons (Fsp3) is 0. The second-order valence-corrected chi connectivity index (χ2v) is 1.65. The quantitative estimate of drug-likeness (QED) is 0.417. The van der Waals surface area contributed by atoms with Crippen molar-refractivity contribution in [2.45, 2.75) is 0 Å². The van der Waals surface area contributed by atoms with Gasteiger partial charge in [0.1, 0.15) is 0 Å². The van der Waals surface area contributed by atoms with E-state index in [2.05, 4.69) is 0 Å². The largest absolute Gasteiger partial charge is 0.215 e. The van der Waals surface area contributed by atoms with E-state index in [-0.39, 0.29) is 5.69 Å². The molecule has 9 heavy (non-hydrogen) atoms. The zero-order valence-electron chi connectivity index (χ0n) is 4.71. The Labute approximate surface area is 51.9 Å². The van der Waals surface area contributed by atoms with Crippen molar-refractivity contribution < 1.29 is 15.1 Å². The lowest BCUT2D eigenvalue weighted by atomic mass is 10.3. The van der Waals surface area contributed by atoms with Crippen molar-refractivity contribution in [3.8, 4) is 0 Å². The summed E-state index contributed by atoms with van der Waals surface area (Å²) in [4.78, 5) is 0. The van der Waals surface area contributed by atoms with Crippen LogP contribution in [-0.2, 0) is 0 Å². The SMILES string of the molecule is O[NH2+]c1ccccc1F. The van der Waals surface area contributed by atoms with Crippen molar-refractivity contribution in [3.05, 3.63) is 30.1 Å². The predicted octanol–water partition coefficient (Wildman–Crippen LogP) is 0.410. The van der Waals surface area contributed by atoms with Crippen LogP contribution in [0.3, 0.4) is 0 Å². The number of benzene rings is 1. The molecule has 1 rings (SSSR count). The molecule has 3 heteroatoms. The Kier molecular flexibility index (Phi) is 1.77. The van der Waals surface area contributed by atoms with E-state index in [1.54, 1.807) is 12.1 Å². The standard InChI is InChI=1S/C6H6FNO/c7-5-3-1-2-4-6(5)8-9/h1-4,8-9H/p+1. The van der Waals surface area contributed by atoms with Crippen molar-refractivity contribution in [2.24, 2.45) is 0 Å². The molecule has 0 amide bonds. The summed E-state index contributed by atoms with van der Waals surface area (Å²) in [5.74, 6) is -0.403. The van der Waals surface area contributed by atoms with Crippen molar-refractivity contribution in [3.63, 3.8) is 0 Å². The number of hydrogen-bond donors (Lipinski definition) is 2. The monoisotopic (exact) mass is 128 g/mol. The van der Waals surface area contributed by atoms with Crippen LogP contribution in [0.15, 0.2) is 24.3 Å². The topological polar surface area (TPSA) is 36.8 Å². The number of rotatable bonds is 1. The van der Waals surface area contributed by atoms with E-state index in [9.17, 15) is 4.39 Å². The Hall–Kier alpha value is -0.930. The molecule has 0 unspecified atom stereocenters. The molecule has 48 valence electrons. The summed E-state index contributed by atoms with van der Waals surface area (Å²) >= 11 is 0. The van der Waals surface area contributed by atoms with E-state index in [1.165, 1.54) is 12.1 Å². The zero-order chi connectivity index (χ0) is 6.69. The molecule has 0 radical (unpaired) electrons. The van der Waals surface area contributed by atoms with Crippen LogP contribution >= 0.6 is 0 Å². The Morgan fingerprint density at radius 3 is 2.44 bits per heavy atom. The number of nitrogens with two attached hydrogens (primary N) is 1. The Balaban J connectivity index is 3.01. The van der Waals surface area contributed by atoms with Gasteiger partial charge in [-0.3, -0.25) is 0 Å². The minimum Gasteiger partial charge on any atom is -0.215 e. The minimum atomic E-state index is -0.403. The highest BCUT2D eigenvalue weighted by molar-refractivity contribution is 5.28. The number of quaternary nitrogens is 1. The van der Waals surface area contributed by atoms with Gasteiger partial charge in [0.25, 0.3) is 0 Å². The van der Waals surface area contributed by atoms with Crippen LogP contribution in [0.2, 0.25) is 0 Å². The van der Waals surface area contributed by atoms with Crippen LogP contribution in [0.25, 0.3) is 0 Å². The summed E-state index contributed by atoms with van der Waals surface area (Å²) in [5, 5.41) is 8.35. The average Bonchev–Trinajstić information content (AvgIpc) is 1.89. The second-order valence-electron chi connectivity index (χ2n) is 1.65. The van der Waals surface area contributed by atoms with Gasteiger partial charge in [-0.15, -0.1) is 0 Å².